The van der Waals surface area contributed by atoms with E-state index < -0.39 is 5.91 Å². The molecule has 0 aliphatic carbocycles. The highest BCUT2D eigenvalue weighted by atomic mass is 16.5. The molecule has 1 aliphatic heterocycles. The van der Waals surface area contributed by atoms with E-state index in [2.05, 4.69) is 63.3 Å². The Morgan fingerprint density at radius 1 is 1.12 bits per heavy atom. The average Bonchev–Trinajstić information content (AvgIpc) is 2.83. The van der Waals surface area contributed by atoms with Crippen LogP contribution in [-0.2, 0) is 16.7 Å². The zero-order valence-corrected chi connectivity index (χ0v) is 19.1. The van der Waals surface area contributed by atoms with Crippen LogP contribution in [0, 0.1) is 0 Å². The lowest BCUT2D eigenvalue weighted by molar-refractivity contribution is 0.0295. The van der Waals surface area contributed by atoms with Crippen LogP contribution in [0.15, 0.2) is 55.0 Å². The van der Waals surface area contributed by atoms with Crippen molar-refractivity contribution < 1.29 is 9.53 Å². The number of carbonyl (C=O) groups is 1. The lowest BCUT2D eigenvalue weighted by Gasteiger charge is -2.35. The predicted molar refractivity (Wildman–Crippen MR) is 128 cm³/mol. The van der Waals surface area contributed by atoms with E-state index in [1.165, 1.54) is 11.9 Å². The lowest BCUT2D eigenvalue weighted by Crippen LogP contribution is -2.43. The topological polar surface area (TPSA) is 106 Å². The molecule has 0 saturated carbocycles. The highest BCUT2D eigenvalue weighted by Crippen LogP contribution is 2.28. The number of nitrogens with two attached hydrogens (primary N) is 1. The summed E-state index contributed by atoms with van der Waals surface area (Å²) in [5, 5.41) is 3.18. The number of pyridine rings is 1. The number of carbonyl (C=O) groups excluding carboxylic acids is 1. The van der Waals surface area contributed by atoms with E-state index in [1.807, 2.05) is 6.07 Å². The fraction of sp³-hybridized carbons (Fsp3) is 0.360. The Hall–Kier alpha value is -3.36. The number of aromatic nitrogens is 3. The van der Waals surface area contributed by atoms with E-state index in [0.717, 1.165) is 49.8 Å². The number of hydrogen-bond donors (Lipinski definition) is 2. The van der Waals surface area contributed by atoms with E-state index in [4.69, 9.17) is 10.5 Å². The Kier molecular flexibility index (Phi) is 6.96. The first-order valence-electron chi connectivity index (χ1n) is 11.1. The summed E-state index contributed by atoms with van der Waals surface area (Å²) < 4.78 is 5.47. The number of hydrogen-bond acceptors (Lipinski definition) is 7. The van der Waals surface area contributed by atoms with E-state index in [1.54, 1.807) is 18.3 Å². The fourth-order valence-electron chi connectivity index (χ4n) is 4.05. The van der Waals surface area contributed by atoms with Crippen molar-refractivity contribution >= 4 is 11.7 Å². The van der Waals surface area contributed by atoms with Crippen molar-refractivity contribution in [2.45, 2.75) is 25.8 Å². The minimum absolute atomic E-state index is 0.0172. The highest BCUT2D eigenvalue weighted by molar-refractivity contribution is 5.98. The first-order chi connectivity index (χ1) is 15.9. The summed E-state index contributed by atoms with van der Waals surface area (Å²) in [6, 6.07) is 13.8. The number of nitrogens with zero attached hydrogens (tertiary/aromatic N) is 4. The van der Waals surface area contributed by atoms with Crippen LogP contribution >= 0.6 is 0 Å². The van der Waals surface area contributed by atoms with Gasteiger partial charge in [-0.1, -0.05) is 38.1 Å². The third kappa shape index (κ3) is 5.71. The summed E-state index contributed by atoms with van der Waals surface area (Å²) in [6.07, 6.45) is 3.16. The minimum atomic E-state index is -0.528. The van der Waals surface area contributed by atoms with Gasteiger partial charge in [-0.2, -0.15) is 0 Å². The Morgan fingerprint density at radius 2 is 1.88 bits per heavy atom. The Morgan fingerprint density at radius 3 is 2.55 bits per heavy atom. The van der Waals surface area contributed by atoms with Crippen LogP contribution in [0.25, 0.3) is 11.3 Å². The van der Waals surface area contributed by atoms with Crippen molar-refractivity contribution in [1.82, 2.24) is 19.9 Å². The molecule has 0 unspecified atom stereocenters. The first kappa shape index (κ1) is 22.8. The van der Waals surface area contributed by atoms with Gasteiger partial charge < -0.3 is 15.8 Å². The molecule has 8 heteroatoms. The maximum atomic E-state index is 11.9. The molecule has 1 saturated heterocycles. The van der Waals surface area contributed by atoms with Crippen LogP contribution in [0.4, 0.5) is 5.82 Å². The molecule has 0 radical (unpaired) electrons. The van der Waals surface area contributed by atoms with Crippen molar-refractivity contribution in [3.63, 3.8) is 0 Å². The largest absolute Gasteiger partial charge is 0.379 e. The Bertz CT molecular complexity index is 1080. The number of nitrogens with one attached hydrogen (secondary N) is 1. The Balaban J connectivity index is 1.52. The van der Waals surface area contributed by atoms with Gasteiger partial charge in [-0.15, -0.1) is 0 Å². The number of amides is 1. The number of benzene rings is 1. The summed E-state index contributed by atoms with van der Waals surface area (Å²) >= 11 is 0. The maximum Gasteiger partial charge on any atom is 0.252 e. The fourth-order valence-corrected chi connectivity index (χ4v) is 4.05. The van der Waals surface area contributed by atoms with Gasteiger partial charge in [-0.05, 0) is 23.8 Å². The van der Waals surface area contributed by atoms with Crippen molar-refractivity contribution in [3.05, 3.63) is 71.8 Å². The van der Waals surface area contributed by atoms with E-state index >= 15 is 0 Å². The van der Waals surface area contributed by atoms with E-state index in [-0.39, 0.29) is 5.41 Å². The average molecular weight is 447 g/mol. The molecular formula is C25H30N6O2. The summed E-state index contributed by atoms with van der Waals surface area (Å²) in [5.41, 5.74) is 9.72. The van der Waals surface area contributed by atoms with Gasteiger partial charge in [0, 0.05) is 36.8 Å². The normalized spacial score (nSPS) is 14.7. The highest BCUT2D eigenvalue weighted by Gasteiger charge is 2.25. The second-order valence-corrected chi connectivity index (χ2v) is 8.86. The number of anilines is 1. The number of primary amides is 1. The van der Waals surface area contributed by atoms with E-state index in [9.17, 15) is 4.79 Å². The molecule has 1 amide bonds. The van der Waals surface area contributed by atoms with Crippen molar-refractivity contribution in [3.8, 4) is 11.3 Å². The van der Waals surface area contributed by atoms with Crippen LogP contribution in [0.1, 0.15) is 35.5 Å². The summed E-state index contributed by atoms with van der Waals surface area (Å²) in [7, 11) is 0. The van der Waals surface area contributed by atoms with Crippen LogP contribution < -0.4 is 11.1 Å². The van der Waals surface area contributed by atoms with Crippen LogP contribution in [0.5, 0.6) is 0 Å². The first-order valence-corrected chi connectivity index (χ1v) is 11.1. The van der Waals surface area contributed by atoms with Gasteiger partial charge in [0.2, 0.25) is 0 Å². The molecule has 0 bridgehead atoms. The molecule has 3 N–H and O–H groups in total. The zero-order valence-electron chi connectivity index (χ0n) is 19.1. The SMILES string of the molecule is CC(C)(CN1CCOCC1)c1ccc(-c2ccc(C(N)=O)c(NCc3ccncn3)n2)cc1. The van der Waals surface area contributed by atoms with Gasteiger partial charge in [-0.3, -0.25) is 9.69 Å². The van der Waals surface area contributed by atoms with Gasteiger partial charge >= 0.3 is 0 Å². The van der Waals surface area contributed by atoms with Crippen molar-refractivity contribution in [2.24, 2.45) is 5.73 Å². The summed E-state index contributed by atoms with van der Waals surface area (Å²) in [5.74, 6) is -0.0882. The molecule has 8 nitrogen and oxygen atoms in total. The molecular weight excluding hydrogens is 416 g/mol. The van der Waals surface area contributed by atoms with Crippen LogP contribution in [0.2, 0.25) is 0 Å². The number of ether oxygens (including phenoxy) is 1. The number of morpholine rings is 1. The Labute approximate surface area is 194 Å². The smallest absolute Gasteiger partial charge is 0.252 e. The standard InChI is InChI=1S/C25H30N6O2/c1-25(2,16-31-11-13-33-14-12-31)19-5-3-18(4-6-19)22-8-7-21(23(26)32)24(30-22)28-15-20-9-10-27-17-29-20/h3-10,17H,11-16H2,1-2H3,(H2,26,32)(H,28,30). The summed E-state index contributed by atoms with van der Waals surface area (Å²) in [4.78, 5) is 27.2. The molecule has 4 rings (SSSR count). The third-order valence-corrected chi connectivity index (χ3v) is 5.93. The van der Waals surface area contributed by atoms with Gasteiger partial charge in [0.05, 0.1) is 36.7 Å². The molecule has 172 valence electrons. The zero-order chi connectivity index (χ0) is 23.3. The maximum absolute atomic E-state index is 11.9. The molecule has 0 atom stereocenters. The van der Waals surface area contributed by atoms with E-state index in [0.29, 0.717) is 17.9 Å². The van der Waals surface area contributed by atoms with Crippen molar-refractivity contribution in [1.29, 1.82) is 0 Å². The second-order valence-electron chi connectivity index (χ2n) is 8.86. The molecule has 1 fully saturated rings. The molecule has 3 heterocycles. The molecule has 1 aromatic carbocycles. The monoisotopic (exact) mass is 446 g/mol. The predicted octanol–water partition coefficient (Wildman–Crippen LogP) is 2.86. The van der Waals surface area contributed by atoms with Crippen LogP contribution in [-0.4, -0.2) is 58.6 Å². The molecule has 1 aliphatic rings. The van der Waals surface area contributed by atoms with Gasteiger partial charge in [0.25, 0.3) is 5.91 Å². The third-order valence-electron chi connectivity index (χ3n) is 5.93. The molecule has 3 aromatic rings. The van der Waals surface area contributed by atoms with Crippen LogP contribution in [0.3, 0.4) is 0 Å². The molecule has 33 heavy (non-hydrogen) atoms. The lowest BCUT2D eigenvalue weighted by atomic mass is 9.83. The minimum Gasteiger partial charge on any atom is -0.379 e. The molecule has 0 spiro atoms. The van der Waals surface area contributed by atoms with Crippen molar-refractivity contribution in [2.75, 3.05) is 38.2 Å². The van der Waals surface area contributed by atoms with Gasteiger partial charge in [0.15, 0.2) is 0 Å². The quantitative estimate of drug-likeness (QED) is 0.548. The summed E-state index contributed by atoms with van der Waals surface area (Å²) in [6.45, 7) is 9.49. The molecule has 2 aromatic heterocycles. The van der Waals surface area contributed by atoms with Gasteiger partial charge in [0.1, 0.15) is 12.1 Å². The number of rotatable bonds is 8. The van der Waals surface area contributed by atoms with Gasteiger partial charge in [-0.25, -0.2) is 15.0 Å². The second kappa shape index (κ2) is 10.1.